The van der Waals surface area contributed by atoms with Crippen LogP contribution in [0.4, 0.5) is 0 Å². The molecule has 0 radical (unpaired) electrons. The van der Waals surface area contributed by atoms with Crippen LogP contribution in [0.3, 0.4) is 0 Å². The highest BCUT2D eigenvalue weighted by molar-refractivity contribution is 6.21. The van der Waals surface area contributed by atoms with Gasteiger partial charge in [-0.3, -0.25) is 33.7 Å². The lowest BCUT2D eigenvalue weighted by Gasteiger charge is -2.28. The summed E-state index contributed by atoms with van der Waals surface area (Å²) in [6.07, 6.45) is 15.5. The van der Waals surface area contributed by atoms with E-state index in [2.05, 4.69) is 153 Å². The number of carbonyl (C=O) groups is 7. The summed E-state index contributed by atoms with van der Waals surface area (Å²) in [6.45, 7) is 58.5. The Bertz CT molecular complexity index is 6150. The SMILES string of the molecule is COC(=O)[C@H](Cc1cn(C(CC(C)C)OOC(C)(C)C)c2ccc(OC)cc12)NC(C)=O.COc1ccc2c(c1)c(CCN1C(=O)c3ccccc3C1=O)cn2C(CC(C)C)OOC(C)(C)C.COc1ccc2c(c1)c(CCNC(C)=O)cn2C(CC(C)C)OOC(C)(C)C.COc1ccc2c(c1)c(CCNC(C)=O)cn2C(CC(C)C)OOC(C)(C)CCOC(C)=O.Cc1cn(C(CC(C)C)OOC(C)(C)C)c2ccccc12. The summed E-state index contributed by atoms with van der Waals surface area (Å²) < 4.78 is 42.2. The smallest absolute Gasteiger partial charge is 0.328 e. The maximum atomic E-state index is 12.8. The lowest BCUT2D eigenvalue weighted by molar-refractivity contribution is -0.395. The molecule has 0 aliphatic carbocycles. The summed E-state index contributed by atoms with van der Waals surface area (Å²) in [7, 11) is 7.86. The van der Waals surface area contributed by atoms with Crippen LogP contribution in [0.5, 0.6) is 23.0 Å². The van der Waals surface area contributed by atoms with Crippen molar-refractivity contribution in [1.82, 2.24) is 43.7 Å². The second kappa shape index (κ2) is 55.9. The number of imide groups is 1. The van der Waals surface area contributed by atoms with Gasteiger partial charge in [0.25, 0.3) is 11.8 Å². The summed E-state index contributed by atoms with van der Waals surface area (Å²) in [4.78, 5) is 143. The van der Waals surface area contributed by atoms with Crippen molar-refractivity contribution in [1.29, 1.82) is 0 Å². The number of benzene rings is 6. The second-order valence-corrected chi connectivity index (χ2v) is 44.6. The molecule has 149 heavy (non-hydrogen) atoms. The highest BCUT2D eigenvalue weighted by atomic mass is 17.2. The van der Waals surface area contributed by atoms with Crippen LogP contribution in [-0.2, 0) is 108 Å². The van der Waals surface area contributed by atoms with Crippen LogP contribution in [0.2, 0.25) is 0 Å². The lowest BCUT2D eigenvalue weighted by Crippen LogP contribution is -2.41. The number of hydrogen-bond acceptors (Lipinski definition) is 23. The third kappa shape index (κ3) is 38.0. The van der Waals surface area contributed by atoms with E-state index in [1.807, 2.05) is 187 Å². The topological polar surface area (TPSA) is 331 Å². The highest BCUT2D eigenvalue weighted by Crippen LogP contribution is 2.41. The molecule has 820 valence electrons. The van der Waals surface area contributed by atoms with Gasteiger partial charge in [0.1, 0.15) is 34.6 Å². The average Bonchev–Trinajstić information content (AvgIpc) is 1.63. The average molecular weight is 2070 g/mol. The molecule has 0 spiro atoms. The van der Waals surface area contributed by atoms with E-state index >= 15 is 0 Å². The molecular formula is C117H169N9O23. The Morgan fingerprint density at radius 3 is 0.966 bits per heavy atom. The minimum atomic E-state index is -0.807. The second-order valence-electron chi connectivity index (χ2n) is 44.6. The number of hydrogen-bond donors (Lipinski definition) is 3. The van der Waals surface area contributed by atoms with Crippen molar-refractivity contribution in [2.75, 3.05) is 61.8 Å². The minimum absolute atomic E-state index is 0.0269. The van der Waals surface area contributed by atoms with Gasteiger partial charge < -0.3 is 67.2 Å². The van der Waals surface area contributed by atoms with Gasteiger partial charge in [0, 0.05) is 118 Å². The van der Waals surface area contributed by atoms with Crippen LogP contribution in [0, 0.1) is 36.5 Å². The molecular weight excluding hydrogens is 1900 g/mol. The van der Waals surface area contributed by atoms with E-state index in [-0.39, 0.29) is 91.8 Å². The van der Waals surface area contributed by atoms with Gasteiger partial charge in [-0.15, -0.1) is 0 Å². The third-order valence-electron chi connectivity index (χ3n) is 23.7. The normalized spacial score (nSPS) is 13.7. The van der Waals surface area contributed by atoms with Crippen LogP contribution in [0.1, 0.15) is 312 Å². The fraction of sp³-hybridized carbons (Fsp3) is 0.547. The highest BCUT2D eigenvalue weighted by Gasteiger charge is 2.37. The molecule has 5 aromatic heterocycles. The largest absolute Gasteiger partial charge is 0.497 e. The van der Waals surface area contributed by atoms with Crippen molar-refractivity contribution in [2.45, 2.75) is 330 Å². The first-order valence-electron chi connectivity index (χ1n) is 51.8. The standard InChI is InChI=1S/C28H34N2O5.C25H38N2O6.C24H36N2O6.C22H34N2O4.C18H27NO2/c1-18(2)15-25(34-35-28(3,4)5)30-17-19(23-16-20(33-6)11-12-24(23)30)13-14-29-26(31)21-9-7-8-10-22(21)27(29)32;1-17(2)14-24(32-33-25(5,6)11-13-31-19(4)29)27-16-20(10-12-26-18(3)28)22-15-21(30-7)8-9-23(22)27;1-15(2)11-22(31-32-24(4,5)6)26-14-17(12-20(23(28)30-8)25-16(3)27)19-13-18(29-7)9-10-21(19)26;1-15(2)12-21(27-28-22(4,5)6)24-14-17(10-11-23-16(3)25)19-13-18(26-7)8-9-20(19)24;1-13(2)11-17(20-21-18(4,5)6)19-12-14(3)15-9-7-8-10-16(15)19/h7-12,16-18,25H,13-15H2,1-6H3;8-9,15-17,24H,10-14H2,1-7H3,(H,26,28);9-10,13-15,20,22H,11-12H2,1-8H3,(H,25,27);8-9,13-15,21H,10-12H2,1-7H3,(H,23,25);7-10,12-13,17H,11H2,1-6H3/t;;20-,22?;;/m..0../s1. The number of fused-ring (bicyclic) bond motifs is 6. The number of aromatic nitrogens is 5. The molecule has 1 aliphatic rings. The van der Waals surface area contributed by atoms with Crippen molar-refractivity contribution in [2.24, 2.45) is 29.6 Å². The summed E-state index contributed by atoms with van der Waals surface area (Å²) >= 11 is 0. The number of methoxy groups -OCH3 is 5. The van der Waals surface area contributed by atoms with Gasteiger partial charge in [-0.1, -0.05) is 99.6 Å². The van der Waals surface area contributed by atoms with Gasteiger partial charge >= 0.3 is 11.9 Å². The van der Waals surface area contributed by atoms with Crippen molar-refractivity contribution in [3.05, 3.63) is 191 Å². The monoisotopic (exact) mass is 2070 g/mol. The van der Waals surface area contributed by atoms with Gasteiger partial charge in [0.2, 0.25) is 17.7 Å². The van der Waals surface area contributed by atoms with Crippen LogP contribution in [0.25, 0.3) is 54.5 Å². The van der Waals surface area contributed by atoms with Gasteiger partial charge in [-0.25, -0.2) is 53.7 Å². The Labute approximate surface area is 881 Å². The molecule has 1 aliphatic heterocycles. The zero-order valence-corrected chi connectivity index (χ0v) is 94.8. The molecule has 6 heterocycles. The molecule has 32 heteroatoms. The molecule has 0 fully saturated rings. The summed E-state index contributed by atoms with van der Waals surface area (Å²) in [5.41, 5.74) is 9.16. The Morgan fingerprint density at radius 2 is 0.658 bits per heavy atom. The summed E-state index contributed by atoms with van der Waals surface area (Å²) in [5, 5.41) is 13.7. The molecule has 12 rings (SSSR count). The minimum Gasteiger partial charge on any atom is -0.497 e. The van der Waals surface area contributed by atoms with Crippen molar-refractivity contribution >= 4 is 96.0 Å². The first-order chi connectivity index (χ1) is 69.9. The maximum Gasteiger partial charge on any atom is 0.328 e. The Balaban J connectivity index is 0.000000229. The number of nitrogens with one attached hydrogen (secondary N) is 3. The zero-order valence-electron chi connectivity index (χ0n) is 94.8. The van der Waals surface area contributed by atoms with E-state index in [1.165, 1.54) is 56.2 Å². The number of nitrogens with zero attached hydrogens (tertiary/aromatic N) is 6. The Kier molecular flexibility index (Phi) is 46.0. The Morgan fingerprint density at radius 1 is 0.356 bits per heavy atom. The van der Waals surface area contributed by atoms with Gasteiger partial charge in [-0.05, 0) is 304 Å². The summed E-state index contributed by atoms with van der Waals surface area (Å²) in [6, 6.07) is 38.2. The van der Waals surface area contributed by atoms with Crippen molar-refractivity contribution < 1.29 is 111 Å². The van der Waals surface area contributed by atoms with Gasteiger partial charge in [0.15, 0.2) is 31.1 Å². The van der Waals surface area contributed by atoms with E-state index in [1.54, 1.807) is 52.7 Å². The van der Waals surface area contributed by atoms with E-state index in [4.69, 9.17) is 77.3 Å². The number of amides is 5. The molecule has 5 unspecified atom stereocenters. The predicted octanol–water partition coefficient (Wildman–Crippen LogP) is 24.4. The summed E-state index contributed by atoms with van der Waals surface area (Å²) in [5.74, 6) is 3.37. The lowest BCUT2D eigenvalue weighted by atomic mass is 10.0. The van der Waals surface area contributed by atoms with E-state index in [0.717, 1.165) is 122 Å². The number of para-hydroxylation sites is 1. The first kappa shape index (κ1) is 123. The molecule has 32 nitrogen and oxygen atoms in total. The van der Waals surface area contributed by atoms with E-state index in [0.29, 0.717) is 78.8 Å². The predicted molar refractivity (Wildman–Crippen MR) is 582 cm³/mol. The van der Waals surface area contributed by atoms with E-state index in [9.17, 15) is 33.6 Å². The number of esters is 2. The molecule has 0 saturated carbocycles. The van der Waals surface area contributed by atoms with Crippen LogP contribution < -0.4 is 34.9 Å². The number of aryl methyl sites for hydroxylation is 1. The van der Waals surface area contributed by atoms with Crippen LogP contribution in [-0.4, -0.2) is 165 Å². The quantitative estimate of drug-likeness (QED) is 0.0138. The first-order valence-corrected chi connectivity index (χ1v) is 51.8. The molecule has 0 saturated heterocycles. The molecule has 11 aromatic rings. The maximum absolute atomic E-state index is 12.8. The fourth-order valence-electron chi connectivity index (χ4n) is 16.8. The van der Waals surface area contributed by atoms with Crippen molar-refractivity contribution in [3.63, 3.8) is 0 Å². The van der Waals surface area contributed by atoms with Gasteiger partial charge in [0.05, 0.1) is 103 Å². The molecule has 6 atom stereocenters. The van der Waals surface area contributed by atoms with E-state index < -0.39 is 34.4 Å². The van der Waals surface area contributed by atoms with Gasteiger partial charge in [-0.2, -0.15) is 0 Å². The fourth-order valence-corrected chi connectivity index (χ4v) is 16.8. The Hall–Kier alpha value is -11.7. The van der Waals surface area contributed by atoms with Crippen molar-refractivity contribution in [3.8, 4) is 23.0 Å². The molecule has 3 N–H and O–H groups in total. The number of carbonyl (C=O) groups excluding carboxylic acids is 7. The number of rotatable bonds is 46. The molecule has 0 bridgehead atoms. The third-order valence-corrected chi connectivity index (χ3v) is 23.7. The number of ether oxygens (including phenoxy) is 6. The van der Waals surface area contributed by atoms with Crippen LogP contribution in [0.15, 0.2) is 152 Å². The zero-order chi connectivity index (χ0) is 110. The molecule has 5 amide bonds. The van der Waals surface area contributed by atoms with Crippen LogP contribution >= 0.6 is 0 Å². The molecule has 6 aromatic carbocycles.